The molecule has 0 aromatic carbocycles. The van der Waals surface area contributed by atoms with Crippen molar-refractivity contribution >= 4 is 29.0 Å². The fraction of sp³-hybridized carbons (Fsp3) is 0.769. The molecule has 4 N–H and O–H groups in total. The number of amides is 2. The minimum absolute atomic E-state index is 0.0554. The molecule has 0 saturated heterocycles. The Kier molecular flexibility index (Phi) is 6.21. The van der Waals surface area contributed by atoms with Crippen LogP contribution in [0.1, 0.15) is 39.5 Å². The van der Waals surface area contributed by atoms with Crippen LogP contribution in [0.5, 0.6) is 0 Å². The maximum atomic E-state index is 11.8. The van der Waals surface area contributed by atoms with Crippen molar-refractivity contribution in [3.8, 4) is 0 Å². The standard InChI is InChI=1S/C13H23N3O2S/c1-8(2)9-5-3-4-6-10(9)16-13(18)12(17)15-7-11(14)19/h8-10H,3-7H2,1-2H3,(H2,14,19)(H,15,17)(H,16,18). The van der Waals surface area contributed by atoms with E-state index in [0.29, 0.717) is 11.8 Å². The van der Waals surface area contributed by atoms with Gasteiger partial charge in [0.25, 0.3) is 0 Å². The van der Waals surface area contributed by atoms with Gasteiger partial charge in [-0.15, -0.1) is 0 Å². The van der Waals surface area contributed by atoms with Crippen LogP contribution in [0.2, 0.25) is 0 Å². The summed E-state index contributed by atoms with van der Waals surface area (Å²) in [5, 5.41) is 5.24. The molecule has 1 saturated carbocycles. The molecule has 2 amide bonds. The minimum atomic E-state index is -0.666. The molecule has 1 aliphatic carbocycles. The Labute approximate surface area is 119 Å². The molecule has 1 rings (SSSR count). The van der Waals surface area contributed by atoms with Gasteiger partial charge in [-0.3, -0.25) is 9.59 Å². The highest BCUT2D eigenvalue weighted by molar-refractivity contribution is 7.80. The molecule has 0 aromatic rings. The highest BCUT2D eigenvalue weighted by atomic mass is 32.1. The van der Waals surface area contributed by atoms with Crippen LogP contribution >= 0.6 is 12.2 Å². The van der Waals surface area contributed by atoms with Gasteiger partial charge in [0, 0.05) is 6.04 Å². The van der Waals surface area contributed by atoms with Gasteiger partial charge < -0.3 is 16.4 Å². The second kappa shape index (κ2) is 7.43. The molecule has 0 spiro atoms. The van der Waals surface area contributed by atoms with E-state index >= 15 is 0 Å². The highest BCUT2D eigenvalue weighted by Gasteiger charge is 2.30. The first-order valence-corrected chi connectivity index (χ1v) is 7.19. The SMILES string of the molecule is CC(C)C1CCCCC1NC(=O)C(=O)NCC(N)=S. The molecule has 6 heteroatoms. The smallest absolute Gasteiger partial charge is 0.309 e. The first kappa shape index (κ1) is 15.9. The monoisotopic (exact) mass is 285 g/mol. The molecule has 0 aliphatic heterocycles. The van der Waals surface area contributed by atoms with E-state index < -0.39 is 11.8 Å². The molecule has 2 atom stereocenters. The lowest BCUT2D eigenvalue weighted by Crippen LogP contribution is -2.50. The topological polar surface area (TPSA) is 84.2 Å². The largest absolute Gasteiger partial charge is 0.392 e. The summed E-state index contributed by atoms with van der Waals surface area (Å²) < 4.78 is 0. The van der Waals surface area contributed by atoms with Gasteiger partial charge in [0.05, 0.1) is 11.5 Å². The molecule has 19 heavy (non-hydrogen) atoms. The maximum Gasteiger partial charge on any atom is 0.309 e. The Hall–Kier alpha value is -1.17. The van der Waals surface area contributed by atoms with Crippen molar-refractivity contribution in [1.82, 2.24) is 10.6 Å². The van der Waals surface area contributed by atoms with Crippen LogP contribution in [0.4, 0.5) is 0 Å². The number of rotatable bonds is 4. The summed E-state index contributed by atoms with van der Waals surface area (Å²) in [5.74, 6) is -0.305. The lowest BCUT2D eigenvalue weighted by Gasteiger charge is -2.34. The fourth-order valence-electron chi connectivity index (χ4n) is 2.62. The number of nitrogens with one attached hydrogen (secondary N) is 2. The van der Waals surface area contributed by atoms with Crippen molar-refractivity contribution < 1.29 is 9.59 Å². The number of carbonyl (C=O) groups excluding carboxylic acids is 2. The summed E-state index contributed by atoms with van der Waals surface area (Å²) in [4.78, 5) is 23.5. The molecule has 0 aromatic heterocycles. The predicted octanol–water partition coefficient (Wildman–Crippen LogP) is 0.720. The number of hydrogen-bond acceptors (Lipinski definition) is 3. The van der Waals surface area contributed by atoms with Gasteiger partial charge >= 0.3 is 11.8 Å². The maximum absolute atomic E-state index is 11.8. The Morgan fingerprint density at radius 1 is 1.26 bits per heavy atom. The Morgan fingerprint density at radius 3 is 2.47 bits per heavy atom. The predicted molar refractivity (Wildman–Crippen MR) is 78.5 cm³/mol. The van der Waals surface area contributed by atoms with Gasteiger partial charge in [0.15, 0.2) is 0 Å². The third-order valence-electron chi connectivity index (χ3n) is 3.62. The van der Waals surface area contributed by atoms with Crippen LogP contribution in [0.25, 0.3) is 0 Å². The van der Waals surface area contributed by atoms with Crippen LogP contribution in [-0.4, -0.2) is 29.4 Å². The van der Waals surface area contributed by atoms with Crippen molar-refractivity contribution in [2.45, 2.75) is 45.6 Å². The van der Waals surface area contributed by atoms with Gasteiger partial charge in [-0.05, 0) is 24.7 Å². The van der Waals surface area contributed by atoms with Crippen LogP contribution < -0.4 is 16.4 Å². The van der Waals surface area contributed by atoms with Crippen LogP contribution in [0.3, 0.4) is 0 Å². The van der Waals surface area contributed by atoms with Gasteiger partial charge in [0.2, 0.25) is 0 Å². The van der Waals surface area contributed by atoms with Crippen LogP contribution in [-0.2, 0) is 9.59 Å². The molecule has 0 bridgehead atoms. The molecule has 1 fully saturated rings. The minimum Gasteiger partial charge on any atom is -0.392 e. The van der Waals surface area contributed by atoms with Gasteiger partial charge in [-0.2, -0.15) is 0 Å². The summed E-state index contributed by atoms with van der Waals surface area (Å²) in [5.41, 5.74) is 5.27. The van der Waals surface area contributed by atoms with E-state index in [1.807, 2.05) is 0 Å². The zero-order chi connectivity index (χ0) is 14.4. The summed E-state index contributed by atoms with van der Waals surface area (Å²) in [7, 11) is 0. The van der Waals surface area contributed by atoms with Gasteiger partial charge in [0.1, 0.15) is 0 Å². The summed E-state index contributed by atoms with van der Waals surface area (Å²) in [6.07, 6.45) is 4.35. The normalized spacial score (nSPS) is 22.9. The van der Waals surface area contributed by atoms with Crippen molar-refractivity contribution in [2.24, 2.45) is 17.6 Å². The number of carbonyl (C=O) groups is 2. The number of hydrogen-bond donors (Lipinski definition) is 3. The second-order valence-electron chi connectivity index (χ2n) is 5.42. The average molecular weight is 285 g/mol. The lowest BCUT2D eigenvalue weighted by molar-refractivity contribution is -0.139. The van der Waals surface area contributed by atoms with E-state index in [1.54, 1.807) is 0 Å². The first-order chi connectivity index (χ1) is 8.91. The lowest BCUT2D eigenvalue weighted by atomic mass is 9.78. The molecule has 108 valence electrons. The summed E-state index contributed by atoms with van der Waals surface area (Å²) >= 11 is 4.65. The van der Waals surface area contributed by atoms with Crippen LogP contribution in [0, 0.1) is 11.8 Å². The van der Waals surface area contributed by atoms with Crippen LogP contribution in [0.15, 0.2) is 0 Å². The molecule has 0 radical (unpaired) electrons. The van der Waals surface area contributed by atoms with E-state index in [0.717, 1.165) is 19.3 Å². The van der Waals surface area contributed by atoms with E-state index in [1.165, 1.54) is 6.42 Å². The summed E-state index contributed by atoms with van der Waals surface area (Å²) in [6, 6.07) is 0.0943. The van der Waals surface area contributed by atoms with Gasteiger partial charge in [-0.25, -0.2) is 0 Å². The quantitative estimate of drug-likeness (QED) is 0.525. The number of thiocarbonyl (C=S) groups is 1. The zero-order valence-corrected chi connectivity index (χ0v) is 12.4. The highest BCUT2D eigenvalue weighted by Crippen LogP contribution is 2.30. The molecular weight excluding hydrogens is 262 g/mol. The third-order valence-corrected chi connectivity index (χ3v) is 3.77. The Bertz CT molecular complexity index is 358. The van der Waals surface area contributed by atoms with Crippen molar-refractivity contribution in [2.75, 3.05) is 6.54 Å². The number of nitrogens with two attached hydrogens (primary N) is 1. The fourth-order valence-corrected chi connectivity index (χ4v) is 2.69. The average Bonchev–Trinajstić information content (AvgIpc) is 2.36. The van der Waals surface area contributed by atoms with Gasteiger partial charge in [-0.1, -0.05) is 38.9 Å². The molecule has 1 aliphatic rings. The molecule has 2 unspecified atom stereocenters. The molecular formula is C13H23N3O2S. The van der Waals surface area contributed by atoms with E-state index in [9.17, 15) is 9.59 Å². The Balaban J connectivity index is 2.49. The van der Waals surface area contributed by atoms with E-state index in [2.05, 4.69) is 36.7 Å². The molecule has 5 nitrogen and oxygen atoms in total. The second-order valence-corrected chi connectivity index (χ2v) is 5.95. The molecule has 0 heterocycles. The first-order valence-electron chi connectivity index (χ1n) is 6.78. The third kappa shape index (κ3) is 5.14. The van der Waals surface area contributed by atoms with Crippen molar-refractivity contribution in [1.29, 1.82) is 0 Å². The zero-order valence-electron chi connectivity index (χ0n) is 11.6. The van der Waals surface area contributed by atoms with Crippen molar-refractivity contribution in [3.63, 3.8) is 0 Å². The Morgan fingerprint density at radius 2 is 1.89 bits per heavy atom. The van der Waals surface area contributed by atoms with E-state index in [-0.39, 0.29) is 17.6 Å². The summed E-state index contributed by atoms with van der Waals surface area (Å²) in [6.45, 7) is 4.37. The van der Waals surface area contributed by atoms with E-state index in [4.69, 9.17) is 5.73 Å². The van der Waals surface area contributed by atoms with Crippen molar-refractivity contribution in [3.05, 3.63) is 0 Å².